The largest absolute Gasteiger partial charge is 0.396 e. The monoisotopic (exact) mass is 309 g/mol. The summed E-state index contributed by atoms with van der Waals surface area (Å²) in [5.41, 5.74) is 1.50. The van der Waals surface area contributed by atoms with E-state index in [0.29, 0.717) is 11.5 Å². The summed E-state index contributed by atoms with van der Waals surface area (Å²) in [6.07, 6.45) is 1.38. The van der Waals surface area contributed by atoms with Crippen LogP contribution in [0.1, 0.15) is 6.42 Å². The molecule has 1 aliphatic rings. The highest BCUT2D eigenvalue weighted by Crippen LogP contribution is 2.34. The molecular formula is C14H17F2N5O. The van der Waals surface area contributed by atoms with Gasteiger partial charge in [-0.1, -0.05) is 0 Å². The lowest BCUT2D eigenvalue weighted by Crippen LogP contribution is -2.49. The summed E-state index contributed by atoms with van der Waals surface area (Å²) in [6.45, 7) is -0.267. The van der Waals surface area contributed by atoms with Gasteiger partial charge in [-0.25, -0.2) is 8.78 Å². The quantitative estimate of drug-likeness (QED) is 0.926. The molecule has 1 unspecified atom stereocenters. The molecule has 0 amide bonds. The minimum Gasteiger partial charge on any atom is -0.396 e. The predicted molar refractivity (Wildman–Crippen MR) is 76.6 cm³/mol. The molecular weight excluding hydrogens is 292 g/mol. The van der Waals surface area contributed by atoms with Crippen molar-refractivity contribution in [2.45, 2.75) is 12.3 Å². The first kappa shape index (κ1) is 14.8. The molecule has 22 heavy (non-hydrogen) atoms. The molecule has 0 saturated carbocycles. The molecule has 1 saturated heterocycles. The fraction of sp³-hybridized carbons (Fsp3) is 0.500. The lowest BCUT2D eigenvalue weighted by Gasteiger charge is -2.37. The summed E-state index contributed by atoms with van der Waals surface area (Å²) in [7, 11) is 1.81. The Hall–Kier alpha value is -2.09. The van der Waals surface area contributed by atoms with Crippen LogP contribution in [0.3, 0.4) is 0 Å². The van der Waals surface area contributed by atoms with Gasteiger partial charge < -0.3 is 10.0 Å². The maximum Gasteiger partial charge on any atom is 0.256 e. The van der Waals surface area contributed by atoms with Crippen LogP contribution in [0.5, 0.6) is 0 Å². The minimum atomic E-state index is -2.83. The third-order valence-electron chi connectivity index (χ3n) is 4.03. The Morgan fingerprint density at radius 2 is 2.14 bits per heavy atom. The highest BCUT2D eigenvalue weighted by Gasteiger charge is 2.43. The molecule has 0 spiro atoms. The Morgan fingerprint density at radius 1 is 1.32 bits per heavy atom. The zero-order chi connectivity index (χ0) is 15.7. The number of hydrogen-bond donors (Lipinski definition) is 1. The van der Waals surface area contributed by atoms with Gasteiger partial charge in [0.05, 0.1) is 18.2 Å². The van der Waals surface area contributed by atoms with Crippen LogP contribution in [0.15, 0.2) is 24.4 Å². The van der Waals surface area contributed by atoms with Crippen LogP contribution in [-0.4, -0.2) is 50.7 Å². The van der Waals surface area contributed by atoms with E-state index in [4.69, 9.17) is 5.11 Å². The first-order valence-corrected chi connectivity index (χ1v) is 7.07. The number of anilines is 1. The third kappa shape index (κ3) is 2.66. The zero-order valence-electron chi connectivity index (χ0n) is 12.2. The van der Waals surface area contributed by atoms with Crippen molar-refractivity contribution < 1.29 is 13.9 Å². The van der Waals surface area contributed by atoms with Crippen molar-refractivity contribution in [3.63, 3.8) is 0 Å². The molecule has 1 fully saturated rings. The van der Waals surface area contributed by atoms with E-state index in [1.807, 2.05) is 13.1 Å². The third-order valence-corrected chi connectivity index (χ3v) is 4.03. The van der Waals surface area contributed by atoms with E-state index in [2.05, 4.69) is 15.3 Å². The number of aliphatic hydroxyl groups is 1. The fourth-order valence-electron chi connectivity index (χ4n) is 2.63. The lowest BCUT2D eigenvalue weighted by molar-refractivity contribution is -0.0880. The summed E-state index contributed by atoms with van der Waals surface area (Å²) < 4.78 is 28.9. The Kier molecular flexibility index (Phi) is 3.78. The number of nitrogens with zero attached hydrogens (tertiary/aromatic N) is 5. The van der Waals surface area contributed by atoms with Crippen molar-refractivity contribution >= 4 is 5.82 Å². The SMILES string of the molecule is Cn1nccc1-c1ccc(N2CCC(F)(F)C(CO)C2)nn1. The number of halogens is 2. The molecule has 1 aliphatic heterocycles. The van der Waals surface area contributed by atoms with Crippen LogP contribution < -0.4 is 4.90 Å². The summed E-state index contributed by atoms with van der Waals surface area (Å²) >= 11 is 0. The first-order chi connectivity index (χ1) is 10.5. The average molecular weight is 309 g/mol. The maximum atomic E-state index is 13.6. The average Bonchev–Trinajstić information content (AvgIpc) is 2.93. The van der Waals surface area contributed by atoms with Crippen molar-refractivity contribution in [1.29, 1.82) is 0 Å². The van der Waals surface area contributed by atoms with Gasteiger partial charge in [0.25, 0.3) is 5.92 Å². The van der Waals surface area contributed by atoms with Gasteiger partial charge in [0.1, 0.15) is 5.69 Å². The van der Waals surface area contributed by atoms with Gasteiger partial charge in [-0.15, -0.1) is 10.2 Å². The maximum absolute atomic E-state index is 13.6. The Balaban J connectivity index is 1.78. The number of rotatable bonds is 3. The van der Waals surface area contributed by atoms with Gasteiger partial charge in [0, 0.05) is 32.8 Å². The number of aliphatic hydroxyl groups excluding tert-OH is 1. The first-order valence-electron chi connectivity index (χ1n) is 7.07. The van der Waals surface area contributed by atoms with E-state index >= 15 is 0 Å². The van der Waals surface area contributed by atoms with E-state index < -0.39 is 18.4 Å². The van der Waals surface area contributed by atoms with E-state index in [-0.39, 0.29) is 19.5 Å². The van der Waals surface area contributed by atoms with E-state index in [0.717, 1.165) is 5.69 Å². The summed E-state index contributed by atoms with van der Waals surface area (Å²) in [5, 5.41) is 21.5. The number of aryl methyl sites for hydroxylation is 1. The Labute approximate surface area is 126 Å². The van der Waals surface area contributed by atoms with Crippen molar-refractivity contribution in [2.75, 3.05) is 24.6 Å². The molecule has 1 N–H and O–H groups in total. The minimum absolute atomic E-state index is 0.0727. The second kappa shape index (κ2) is 5.60. The summed E-state index contributed by atoms with van der Waals surface area (Å²) in [5.74, 6) is -3.35. The molecule has 0 bridgehead atoms. The summed E-state index contributed by atoms with van der Waals surface area (Å²) in [4.78, 5) is 1.73. The van der Waals surface area contributed by atoms with Crippen LogP contribution in [0.4, 0.5) is 14.6 Å². The Morgan fingerprint density at radius 3 is 2.73 bits per heavy atom. The van der Waals surface area contributed by atoms with Crippen molar-refractivity contribution in [1.82, 2.24) is 20.0 Å². The van der Waals surface area contributed by atoms with E-state index in [9.17, 15) is 8.78 Å². The highest BCUT2D eigenvalue weighted by atomic mass is 19.3. The lowest BCUT2D eigenvalue weighted by atomic mass is 9.94. The van der Waals surface area contributed by atoms with Crippen LogP contribution in [0, 0.1) is 5.92 Å². The van der Waals surface area contributed by atoms with Crippen molar-refractivity contribution in [3.8, 4) is 11.4 Å². The van der Waals surface area contributed by atoms with Crippen molar-refractivity contribution in [2.24, 2.45) is 13.0 Å². The number of piperidine rings is 1. The molecule has 2 aromatic rings. The number of hydrogen-bond acceptors (Lipinski definition) is 5. The molecule has 0 radical (unpaired) electrons. The van der Waals surface area contributed by atoms with Crippen molar-refractivity contribution in [3.05, 3.63) is 24.4 Å². The molecule has 8 heteroatoms. The van der Waals surface area contributed by atoms with Crippen LogP contribution in [-0.2, 0) is 7.05 Å². The fourth-order valence-corrected chi connectivity index (χ4v) is 2.63. The molecule has 3 heterocycles. The number of alkyl halides is 2. The second-order valence-corrected chi connectivity index (χ2v) is 5.45. The normalized spacial score (nSPS) is 21.1. The van der Waals surface area contributed by atoms with Gasteiger partial charge in [-0.2, -0.15) is 5.10 Å². The van der Waals surface area contributed by atoms with Crippen LogP contribution in [0.2, 0.25) is 0 Å². The second-order valence-electron chi connectivity index (χ2n) is 5.45. The molecule has 6 nitrogen and oxygen atoms in total. The highest BCUT2D eigenvalue weighted by molar-refractivity contribution is 5.55. The predicted octanol–water partition coefficient (Wildman–Crippen LogP) is 1.33. The van der Waals surface area contributed by atoms with E-state index in [1.165, 1.54) is 0 Å². The van der Waals surface area contributed by atoms with Gasteiger partial charge in [-0.05, 0) is 18.2 Å². The van der Waals surface area contributed by atoms with Gasteiger partial charge in [-0.3, -0.25) is 4.68 Å². The van der Waals surface area contributed by atoms with Crippen LogP contribution >= 0.6 is 0 Å². The Bertz CT molecular complexity index is 643. The standard InChI is InChI=1S/C14H17F2N5O/c1-20-12(4-6-17-20)11-2-3-13(19-18-11)21-7-5-14(15,16)10(8-21)9-22/h2-4,6,10,22H,5,7-9H2,1H3. The molecule has 118 valence electrons. The van der Waals surface area contributed by atoms with Gasteiger partial charge in [0.15, 0.2) is 5.82 Å². The molecule has 0 aliphatic carbocycles. The van der Waals surface area contributed by atoms with Gasteiger partial charge in [0.2, 0.25) is 0 Å². The molecule has 3 rings (SSSR count). The smallest absolute Gasteiger partial charge is 0.256 e. The zero-order valence-corrected chi connectivity index (χ0v) is 12.2. The summed E-state index contributed by atoms with van der Waals surface area (Å²) in [6, 6.07) is 5.38. The van der Waals surface area contributed by atoms with E-state index in [1.54, 1.807) is 27.9 Å². The topological polar surface area (TPSA) is 67.1 Å². The van der Waals surface area contributed by atoms with Crippen LogP contribution in [0.25, 0.3) is 11.4 Å². The molecule has 2 aromatic heterocycles. The number of aromatic nitrogens is 4. The van der Waals surface area contributed by atoms with Gasteiger partial charge >= 0.3 is 0 Å². The molecule has 1 atom stereocenters. The molecule has 0 aromatic carbocycles.